The van der Waals surface area contributed by atoms with Crippen LogP contribution in [0.3, 0.4) is 0 Å². The summed E-state index contributed by atoms with van der Waals surface area (Å²) >= 11 is 0. The number of hydrogen-bond donors (Lipinski definition) is 1. The first-order chi connectivity index (χ1) is 12.4. The summed E-state index contributed by atoms with van der Waals surface area (Å²) in [6.45, 7) is 6.28. The lowest BCUT2D eigenvalue weighted by molar-refractivity contribution is -0.132. The molecule has 0 spiro atoms. The van der Waals surface area contributed by atoms with E-state index in [1.54, 1.807) is 18.8 Å². The SMILES string of the molecule is COCC1CCN(C(=O)CCc2c(C)nc3c(c2C)c(=O)[nH]n3C)CC1. The summed E-state index contributed by atoms with van der Waals surface area (Å²) in [6, 6.07) is 0. The lowest BCUT2D eigenvalue weighted by atomic mass is 9.96. The van der Waals surface area contributed by atoms with E-state index in [0.717, 1.165) is 49.4 Å². The molecule has 26 heavy (non-hydrogen) atoms. The lowest BCUT2D eigenvalue weighted by Crippen LogP contribution is -2.39. The molecule has 3 rings (SSSR count). The highest BCUT2D eigenvalue weighted by Crippen LogP contribution is 2.22. The van der Waals surface area contributed by atoms with Crippen molar-refractivity contribution in [1.82, 2.24) is 19.7 Å². The Bertz CT molecular complexity index is 860. The van der Waals surface area contributed by atoms with Crippen molar-refractivity contribution < 1.29 is 9.53 Å². The van der Waals surface area contributed by atoms with Crippen molar-refractivity contribution in [3.8, 4) is 0 Å². The first kappa shape index (κ1) is 18.6. The number of methoxy groups -OCH3 is 1. The molecule has 0 atom stereocenters. The average Bonchev–Trinajstić information content (AvgIpc) is 2.89. The number of H-pyrrole nitrogens is 1. The van der Waals surface area contributed by atoms with E-state index in [0.29, 0.717) is 29.8 Å². The highest BCUT2D eigenvalue weighted by molar-refractivity contribution is 5.81. The predicted molar refractivity (Wildman–Crippen MR) is 100 cm³/mol. The van der Waals surface area contributed by atoms with Gasteiger partial charge in [0.05, 0.1) is 5.39 Å². The molecule has 0 saturated carbocycles. The van der Waals surface area contributed by atoms with Gasteiger partial charge >= 0.3 is 0 Å². The second-order valence-corrected chi connectivity index (χ2v) is 7.28. The molecule has 1 saturated heterocycles. The van der Waals surface area contributed by atoms with Crippen LogP contribution in [0, 0.1) is 19.8 Å². The number of amides is 1. The second-order valence-electron chi connectivity index (χ2n) is 7.28. The van der Waals surface area contributed by atoms with Gasteiger partial charge in [-0.05, 0) is 50.2 Å². The zero-order valence-electron chi connectivity index (χ0n) is 16.1. The molecule has 0 radical (unpaired) electrons. The Morgan fingerprint density at radius 2 is 2.00 bits per heavy atom. The number of hydrogen-bond acceptors (Lipinski definition) is 4. The fourth-order valence-electron chi connectivity index (χ4n) is 3.99. The van der Waals surface area contributed by atoms with Crippen LogP contribution in [-0.4, -0.2) is 52.4 Å². The van der Waals surface area contributed by atoms with Gasteiger partial charge in [-0.15, -0.1) is 0 Å². The standard InChI is InChI=1S/C19H28N4O3/c1-12-15(13(2)20-18-17(12)19(25)21-22(18)3)5-6-16(24)23-9-7-14(8-10-23)11-26-4/h14H,5-11H2,1-4H3,(H,21,25). The highest BCUT2D eigenvalue weighted by atomic mass is 16.5. The first-order valence-corrected chi connectivity index (χ1v) is 9.23. The third-order valence-corrected chi connectivity index (χ3v) is 5.53. The molecule has 1 N–H and O–H groups in total. The minimum Gasteiger partial charge on any atom is -0.384 e. The van der Waals surface area contributed by atoms with Crippen molar-refractivity contribution in [3.05, 3.63) is 27.2 Å². The number of piperidine rings is 1. The molecule has 142 valence electrons. The lowest BCUT2D eigenvalue weighted by Gasteiger charge is -2.31. The van der Waals surface area contributed by atoms with Crippen LogP contribution in [0.2, 0.25) is 0 Å². The molecular formula is C19H28N4O3. The summed E-state index contributed by atoms with van der Waals surface area (Å²) in [5, 5.41) is 3.38. The minimum absolute atomic E-state index is 0.125. The topological polar surface area (TPSA) is 80.2 Å². The Balaban J connectivity index is 1.69. The molecule has 2 aromatic rings. The van der Waals surface area contributed by atoms with Crippen molar-refractivity contribution in [2.75, 3.05) is 26.8 Å². The number of nitrogens with one attached hydrogen (secondary N) is 1. The molecule has 1 fully saturated rings. The molecular weight excluding hydrogens is 332 g/mol. The quantitative estimate of drug-likeness (QED) is 0.880. The Hall–Kier alpha value is -2.15. The number of aromatic amines is 1. The van der Waals surface area contributed by atoms with E-state index in [-0.39, 0.29) is 11.5 Å². The Labute approximate surface area is 153 Å². The van der Waals surface area contributed by atoms with Crippen molar-refractivity contribution in [1.29, 1.82) is 0 Å². The van der Waals surface area contributed by atoms with E-state index in [1.807, 2.05) is 18.7 Å². The maximum absolute atomic E-state index is 12.6. The average molecular weight is 360 g/mol. The maximum atomic E-state index is 12.6. The Kier molecular flexibility index (Phi) is 5.46. The number of carbonyl (C=O) groups excluding carboxylic acids is 1. The molecule has 1 amide bonds. The van der Waals surface area contributed by atoms with Crippen molar-refractivity contribution in [2.24, 2.45) is 13.0 Å². The summed E-state index contributed by atoms with van der Waals surface area (Å²) in [6.07, 6.45) is 3.08. The third kappa shape index (κ3) is 3.53. The Morgan fingerprint density at radius 3 is 2.65 bits per heavy atom. The van der Waals surface area contributed by atoms with Crippen LogP contribution in [-0.2, 0) is 23.0 Å². The van der Waals surface area contributed by atoms with Crippen LogP contribution in [0.5, 0.6) is 0 Å². The number of likely N-dealkylation sites (tertiary alicyclic amines) is 1. The number of ether oxygens (including phenoxy) is 1. The predicted octanol–water partition coefficient (Wildman–Crippen LogP) is 1.70. The largest absolute Gasteiger partial charge is 0.384 e. The fraction of sp³-hybridized carbons (Fsp3) is 0.632. The molecule has 0 bridgehead atoms. The number of aromatic nitrogens is 3. The zero-order valence-corrected chi connectivity index (χ0v) is 16.1. The molecule has 1 aliphatic rings. The number of fused-ring (bicyclic) bond motifs is 1. The molecule has 0 unspecified atom stereocenters. The molecule has 7 nitrogen and oxygen atoms in total. The number of rotatable bonds is 5. The summed E-state index contributed by atoms with van der Waals surface area (Å²) in [5.74, 6) is 0.742. The van der Waals surface area contributed by atoms with Gasteiger partial charge in [0.1, 0.15) is 0 Å². The van der Waals surface area contributed by atoms with Crippen LogP contribution in [0.15, 0.2) is 4.79 Å². The van der Waals surface area contributed by atoms with Gasteiger partial charge in [0.15, 0.2) is 5.65 Å². The highest BCUT2D eigenvalue weighted by Gasteiger charge is 2.23. The van der Waals surface area contributed by atoms with Crippen LogP contribution < -0.4 is 5.56 Å². The van der Waals surface area contributed by atoms with E-state index < -0.39 is 0 Å². The van der Waals surface area contributed by atoms with Crippen LogP contribution >= 0.6 is 0 Å². The molecule has 0 aliphatic carbocycles. The van der Waals surface area contributed by atoms with Crippen LogP contribution in [0.1, 0.15) is 36.1 Å². The van der Waals surface area contributed by atoms with Gasteiger partial charge in [-0.3, -0.25) is 19.4 Å². The van der Waals surface area contributed by atoms with Crippen molar-refractivity contribution >= 4 is 16.9 Å². The van der Waals surface area contributed by atoms with Gasteiger partial charge in [-0.25, -0.2) is 4.98 Å². The smallest absolute Gasteiger partial charge is 0.273 e. The van der Waals surface area contributed by atoms with Crippen LogP contribution in [0.4, 0.5) is 0 Å². The zero-order chi connectivity index (χ0) is 18.8. The van der Waals surface area contributed by atoms with E-state index in [2.05, 4.69) is 10.1 Å². The minimum atomic E-state index is -0.125. The molecule has 0 aromatic carbocycles. The van der Waals surface area contributed by atoms with Crippen molar-refractivity contribution in [2.45, 2.75) is 39.5 Å². The summed E-state index contributed by atoms with van der Waals surface area (Å²) in [4.78, 5) is 31.3. The van der Waals surface area contributed by atoms with Crippen molar-refractivity contribution in [3.63, 3.8) is 0 Å². The van der Waals surface area contributed by atoms with E-state index >= 15 is 0 Å². The van der Waals surface area contributed by atoms with E-state index in [4.69, 9.17) is 4.74 Å². The maximum Gasteiger partial charge on any atom is 0.273 e. The van der Waals surface area contributed by atoms with Gasteiger partial charge in [0, 0.05) is 46.0 Å². The number of nitrogens with zero attached hydrogens (tertiary/aromatic N) is 3. The molecule has 1 aliphatic heterocycles. The number of carbonyl (C=O) groups is 1. The third-order valence-electron chi connectivity index (χ3n) is 5.53. The van der Waals surface area contributed by atoms with E-state index in [9.17, 15) is 9.59 Å². The normalized spacial score (nSPS) is 15.8. The number of aryl methyl sites for hydroxylation is 3. The van der Waals surface area contributed by atoms with Crippen LogP contribution in [0.25, 0.3) is 11.0 Å². The van der Waals surface area contributed by atoms with Gasteiger partial charge in [-0.2, -0.15) is 0 Å². The molecule has 2 aromatic heterocycles. The second kappa shape index (κ2) is 7.61. The summed E-state index contributed by atoms with van der Waals surface area (Å²) < 4.78 is 6.86. The molecule has 7 heteroatoms. The van der Waals surface area contributed by atoms with Gasteiger partial charge in [0.2, 0.25) is 5.91 Å². The first-order valence-electron chi connectivity index (χ1n) is 9.23. The summed E-state index contributed by atoms with van der Waals surface area (Å²) in [7, 11) is 3.51. The van der Waals surface area contributed by atoms with E-state index in [1.165, 1.54) is 0 Å². The molecule has 3 heterocycles. The van der Waals surface area contributed by atoms with Gasteiger partial charge in [-0.1, -0.05) is 0 Å². The monoisotopic (exact) mass is 360 g/mol. The summed E-state index contributed by atoms with van der Waals surface area (Å²) in [5.41, 5.74) is 3.37. The Morgan fingerprint density at radius 1 is 1.31 bits per heavy atom. The van der Waals surface area contributed by atoms with Gasteiger partial charge in [0.25, 0.3) is 5.56 Å². The number of pyridine rings is 1. The van der Waals surface area contributed by atoms with Gasteiger partial charge < -0.3 is 9.64 Å². The fourth-order valence-corrected chi connectivity index (χ4v) is 3.99.